The monoisotopic (exact) mass is 295 g/mol. The fraction of sp³-hybridized carbons (Fsp3) is 0.467. The zero-order chi connectivity index (χ0) is 15.6. The number of aliphatic carboxylic acids is 1. The average Bonchev–Trinajstić information content (AvgIpc) is 2.92. The Hall–Kier alpha value is -2.11. The van der Waals surface area contributed by atoms with Gasteiger partial charge in [0.1, 0.15) is 0 Å². The third kappa shape index (κ3) is 2.70. The molecule has 1 aliphatic heterocycles. The normalized spacial score (nSPS) is 21.4. The van der Waals surface area contributed by atoms with E-state index in [2.05, 4.69) is 0 Å². The van der Waals surface area contributed by atoms with Crippen molar-refractivity contribution >= 4 is 11.9 Å². The number of carbonyl (C=O) groups excluding carboxylic acids is 1. The highest BCUT2D eigenvalue weighted by Gasteiger charge is 2.44. The van der Waals surface area contributed by atoms with E-state index in [9.17, 15) is 19.1 Å². The van der Waals surface area contributed by atoms with Crippen molar-refractivity contribution in [2.24, 2.45) is 5.41 Å². The van der Waals surface area contributed by atoms with Gasteiger partial charge in [-0.1, -0.05) is 6.92 Å². The molecule has 0 radical (unpaired) electrons. The second-order valence-electron chi connectivity index (χ2n) is 5.27. The molecule has 1 aliphatic rings. The Morgan fingerprint density at radius 2 is 2.19 bits per heavy atom. The van der Waals surface area contributed by atoms with Crippen molar-refractivity contribution in [3.63, 3.8) is 0 Å². The van der Waals surface area contributed by atoms with Gasteiger partial charge < -0.3 is 14.7 Å². The van der Waals surface area contributed by atoms with Crippen LogP contribution >= 0.6 is 0 Å². The average molecular weight is 295 g/mol. The summed E-state index contributed by atoms with van der Waals surface area (Å²) in [6.07, 6.45) is 0.881. The van der Waals surface area contributed by atoms with Gasteiger partial charge in [-0.2, -0.15) is 0 Å². The maximum Gasteiger partial charge on any atom is 0.311 e. The molecular weight excluding hydrogens is 277 g/mol. The number of carboxylic acid groups (broad SMARTS) is 1. The van der Waals surface area contributed by atoms with Gasteiger partial charge in [-0.25, -0.2) is 4.39 Å². The van der Waals surface area contributed by atoms with Crippen LogP contribution in [0.1, 0.15) is 30.1 Å². The predicted octanol–water partition coefficient (Wildman–Crippen LogP) is 2.16. The van der Waals surface area contributed by atoms with Crippen molar-refractivity contribution < 1.29 is 23.8 Å². The van der Waals surface area contributed by atoms with Crippen LogP contribution in [0.15, 0.2) is 18.2 Å². The van der Waals surface area contributed by atoms with Gasteiger partial charge in [0, 0.05) is 18.7 Å². The molecule has 1 atom stereocenters. The molecule has 114 valence electrons. The van der Waals surface area contributed by atoms with E-state index in [-0.39, 0.29) is 23.8 Å². The zero-order valence-corrected chi connectivity index (χ0v) is 12.1. The van der Waals surface area contributed by atoms with Crippen LogP contribution in [0.3, 0.4) is 0 Å². The third-order valence-electron chi connectivity index (χ3n) is 4.17. The number of ether oxygens (including phenoxy) is 1. The van der Waals surface area contributed by atoms with Gasteiger partial charge in [0.25, 0.3) is 5.91 Å². The van der Waals surface area contributed by atoms with E-state index in [1.54, 1.807) is 6.92 Å². The molecule has 1 N–H and O–H groups in total. The molecule has 0 aliphatic carbocycles. The smallest absolute Gasteiger partial charge is 0.311 e. The predicted molar refractivity (Wildman–Crippen MR) is 73.8 cm³/mol. The van der Waals surface area contributed by atoms with Crippen LogP contribution in [0, 0.1) is 11.2 Å². The molecular formula is C15H18FNO4. The van der Waals surface area contributed by atoms with Gasteiger partial charge in [0.15, 0.2) is 11.6 Å². The third-order valence-corrected chi connectivity index (χ3v) is 4.17. The molecule has 0 aromatic heterocycles. The molecule has 21 heavy (non-hydrogen) atoms. The molecule has 0 spiro atoms. The molecule has 6 heteroatoms. The first-order valence-electron chi connectivity index (χ1n) is 6.80. The van der Waals surface area contributed by atoms with Gasteiger partial charge in [0.05, 0.1) is 12.5 Å². The molecule has 1 amide bonds. The summed E-state index contributed by atoms with van der Waals surface area (Å²) in [5.74, 6) is -1.78. The van der Waals surface area contributed by atoms with Crippen molar-refractivity contribution in [3.05, 3.63) is 29.6 Å². The van der Waals surface area contributed by atoms with Gasteiger partial charge >= 0.3 is 5.97 Å². The minimum Gasteiger partial charge on any atom is -0.494 e. The van der Waals surface area contributed by atoms with Crippen LogP contribution in [-0.4, -0.2) is 42.1 Å². The summed E-state index contributed by atoms with van der Waals surface area (Å²) in [7, 11) is 1.35. The zero-order valence-electron chi connectivity index (χ0n) is 12.1. The molecule has 1 saturated heterocycles. The van der Waals surface area contributed by atoms with Gasteiger partial charge in [-0.3, -0.25) is 9.59 Å². The molecule has 1 aromatic carbocycles. The van der Waals surface area contributed by atoms with Crippen molar-refractivity contribution in [2.45, 2.75) is 19.8 Å². The number of nitrogens with zero attached hydrogens (tertiary/aromatic N) is 1. The standard InChI is InChI=1S/C15H18FNO4/c1-3-15(14(19)20)6-7-17(9-15)13(18)10-4-5-12(21-2)11(16)8-10/h4-5,8H,3,6-7,9H2,1-2H3,(H,19,20). The fourth-order valence-corrected chi connectivity index (χ4v) is 2.64. The Kier molecular flexibility index (Phi) is 4.16. The fourth-order valence-electron chi connectivity index (χ4n) is 2.64. The minimum absolute atomic E-state index is 0.0708. The molecule has 2 rings (SSSR count). The molecule has 5 nitrogen and oxygen atoms in total. The number of halogens is 1. The minimum atomic E-state index is -0.888. The molecule has 1 unspecified atom stereocenters. The van der Waals surface area contributed by atoms with Crippen LogP contribution in [0.5, 0.6) is 5.75 Å². The van der Waals surface area contributed by atoms with E-state index in [1.807, 2.05) is 0 Å². The van der Waals surface area contributed by atoms with E-state index in [0.717, 1.165) is 6.07 Å². The topological polar surface area (TPSA) is 66.8 Å². The van der Waals surface area contributed by atoms with E-state index < -0.39 is 17.2 Å². The molecule has 1 heterocycles. The largest absolute Gasteiger partial charge is 0.494 e. The van der Waals surface area contributed by atoms with Crippen LogP contribution in [0.4, 0.5) is 4.39 Å². The molecule has 1 fully saturated rings. The Morgan fingerprint density at radius 3 is 2.67 bits per heavy atom. The summed E-state index contributed by atoms with van der Waals surface area (Å²) in [5, 5.41) is 9.33. The Labute approximate surface area is 122 Å². The van der Waals surface area contributed by atoms with Crippen LogP contribution in [0.25, 0.3) is 0 Å². The van der Waals surface area contributed by atoms with Crippen molar-refractivity contribution in [2.75, 3.05) is 20.2 Å². The number of benzene rings is 1. The van der Waals surface area contributed by atoms with Crippen molar-refractivity contribution in [3.8, 4) is 5.75 Å². The number of likely N-dealkylation sites (tertiary alicyclic amines) is 1. The molecule has 1 aromatic rings. The summed E-state index contributed by atoms with van der Waals surface area (Å²) < 4.78 is 18.5. The summed E-state index contributed by atoms with van der Waals surface area (Å²) >= 11 is 0. The Balaban J connectivity index is 2.18. The number of methoxy groups -OCH3 is 1. The highest BCUT2D eigenvalue weighted by molar-refractivity contribution is 5.95. The SMILES string of the molecule is CCC1(C(=O)O)CCN(C(=O)c2ccc(OC)c(F)c2)C1. The lowest BCUT2D eigenvalue weighted by Crippen LogP contribution is -2.36. The van der Waals surface area contributed by atoms with Crippen LogP contribution in [-0.2, 0) is 4.79 Å². The molecule has 0 saturated carbocycles. The first-order valence-corrected chi connectivity index (χ1v) is 6.80. The first-order chi connectivity index (χ1) is 9.93. The number of carboxylic acids is 1. The van der Waals surface area contributed by atoms with Gasteiger partial charge in [-0.15, -0.1) is 0 Å². The van der Waals surface area contributed by atoms with Crippen LogP contribution < -0.4 is 4.74 Å². The summed E-state index contributed by atoms with van der Waals surface area (Å²) in [4.78, 5) is 25.2. The van der Waals surface area contributed by atoms with Crippen molar-refractivity contribution in [1.82, 2.24) is 4.90 Å². The quantitative estimate of drug-likeness (QED) is 0.924. The lowest BCUT2D eigenvalue weighted by atomic mass is 9.84. The van der Waals surface area contributed by atoms with Gasteiger partial charge in [-0.05, 0) is 31.0 Å². The second kappa shape index (κ2) is 5.71. The molecule has 0 bridgehead atoms. The number of rotatable bonds is 4. The van der Waals surface area contributed by atoms with Crippen LogP contribution in [0.2, 0.25) is 0 Å². The highest BCUT2D eigenvalue weighted by Crippen LogP contribution is 2.35. The number of hydrogen-bond donors (Lipinski definition) is 1. The Bertz CT molecular complexity index is 575. The summed E-state index contributed by atoms with van der Waals surface area (Å²) in [6.45, 7) is 2.33. The van der Waals surface area contributed by atoms with E-state index in [4.69, 9.17) is 4.74 Å². The van der Waals surface area contributed by atoms with E-state index in [1.165, 1.54) is 24.1 Å². The maximum absolute atomic E-state index is 13.7. The van der Waals surface area contributed by atoms with Gasteiger partial charge in [0.2, 0.25) is 0 Å². The highest BCUT2D eigenvalue weighted by atomic mass is 19.1. The number of carbonyl (C=O) groups is 2. The summed E-state index contributed by atoms with van der Waals surface area (Å²) in [6, 6.07) is 3.99. The Morgan fingerprint density at radius 1 is 1.48 bits per heavy atom. The van der Waals surface area contributed by atoms with E-state index >= 15 is 0 Å². The first kappa shape index (κ1) is 15.3. The maximum atomic E-state index is 13.7. The van der Waals surface area contributed by atoms with Crippen molar-refractivity contribution in [1.29, 1.82) is 0 Å². The lowest BCUT2D eigenvalue weighted by molar-refractivity contribution is -0.148. The van der Waals surface area contributed by atoms with E-state index in [0.29, 0.717) is 19.4 Å². The summed E-state index contributed by atoms with van der Waals surface area (Å²) in [5.41, 5.74) is -0.689. The second-order valence-corrected chi connectivity index (χ2v) is 5.27. The lowest BCUT2D eigenvalue weighted by Gasteiger charge is -2.23. The number of amides is 1. The number of hydrogen-bond acceptors (Lipinski definition) is 3.